The molecule has 6 heteroatoms. The molecule has 1 heterocycles. The van der Waals surface area contributed by atoms with Crippen molar-refractivity contribution in [2.75, 3.05) is 19.6 Å². The Morgan fingerprint density at radius 2 is 2.00 bits per heavy atom. The molecule has 1 atom stereocenters. The van der Waals surface area contributed by atoms with Crippen molar-refractivity contribution in [3.05, 3.63) is 10.1 Å². The molecule has 0 bridgehead atoms. The molecular formula is C8H14F2N2O2. The predicted octanol–water partition coefficient (Wildman–Crippen LogP) is 1.38. The normalized spacial score (nSPS) is 24.5. The number of nitrogens with zero attached hydrogens (tertiary/aromatic N) is 2. The van der Waals surface area contributed by atoms with E-state index >= 15 is 0 Å². The van der Waals surface area contributed by atoms with Crippen LogP contribution in [0.15, 0.2) is 0 Å². The van der Waals surface area contributed by atoms with Gasteiger partial charge in [-0.25, -0.2) is 8.78 Å². The van der Waals surface area contributed by atoms with Gasteiger partial charge in [-0.05, 0) is 0 Å². The topological polar surface area (TPSA) is 46.4 Å². The van der Waals surface area contributed by atoms with Gasteiger partial charge in [-0.2, -0.15) is 0 Å². The summed E-state index contributed by atoms with van der Waals surface area (Å²) in [6.07, 6.45) is -0.366. The van der Waals surface area contributed by atoms with E-state index in [1.54, 1.807) is 4.90 Å². The van der Waals surface area contributed by atoms with E-state index in [4.69, 9.17) is 0 Å². The Hall–Kier alpha value is -0.780. The SMILES string of the molecule is CC(CN1CCC(F)(F)CC1)[N+](=O)[O-]. The molecule has 1 rings (SSSR count). The van der Waals surface area contributed by atoms with Crippen molar-refractivity contribution in [2.45, 2.75) is 31.7 Å². The molecule has 82 valence electrons. The zero-order valence-corrected chi connectivity index (χ0v) is 8.08. The fourth-order valence-corrected chi connectivity index (χ4v) is 1.50. The Morgan fingerprint density at radius 1 is 1.50 bits per heavy atom. The molecule has 4 nitrogen and oxygen atoms in total. The minimum absolute atomic E-state index is 0.183. The van der Waals surface area contributed by atoms with Crippen molar-refractivity contribution >= 4 is 0 Å². The van der Waals surface area contributed by atoms with Gasteiger partial charge in [-0.1, -0.05) is 0 Å². The molecule has 0 saturated carbocycles. The lowest BCUT2D eigenvalue weighted by atomic mass is 10.1. The van der Waals surface area contributed by atoms with Crippen LogP contribution in [0, 0.1) is 10.1 Å². The maximum atomic E-state index is 12.7. The number of hydrogen-bond acceptors (Lipinski definition) is 3. The first-order valence-electron chi connectivity index (χ1n) is 4.64. The third kappa shape index (κ3) is 3.17. The quantitative estimate of drug-likeness (QED) is 0.520. The molecule has 0 aliphatic carbocycles. The second-order valence-electron chi connectivity index (χ2n) is 3.79. The highest BCUT2D eigenvalue weighted by molar-refractivity contribution is 4.78. The Labute approximate surface area is 81.0 Å². The van der Waals surface area contributed by atoms with Crippen molar-refractivity contribution in [3.63, 3.8) is 0 Å². The van der Waals surface area contributed by atoms with Gasteiger partial charge in [0.1, 0.15) is 0 Å². The van der Waals surface area contributed by atoms with Crippen LogP contribution < -0.4 is 0 Å². The molecule has 1 fully saturated rings. The van der Waals surface area contributed by atoms with Crippen molar-refractivity contribution in [3.8, 4) is 0 Å². The van der Waals surface area contributed by atoms with Gasteiger partial charge in [-0.15, -0.1) is 0 Å². The van der Waals surface area contributed by atoms with E-state index < -0.39 is 12.0 Å². The van der Waals surface area contributed by atoms with Crippen LogP contribution in [-0.4, -0.2) is 41.4 Å². The maximum absolute atomic E-state index is 12.7. The largest absolute Gasteiger partial charge is 0.296 e. The number of halogens is 2. The molecule has 14 heavy (non-hydrogen) atoms. The Bertz CT molecular complexity index is 213. The summed E-state index contributed by atoms with van der Waals surface area (Å²) in [5.41, 5.74) is 0. The molecule has 0 aromatic rings. The lowest BCUT2D eigenvalue weighted by molar-refractivity contribution is -0.518. The molecule has 0 spiro atoms. The molecule has 0 aromatic carbocycles. The lowest BCUT2D eigenvalue weighted by Gasteiger charge is -2.31. The fraction of sp³-hybridized carbons (Fsp3) is 1.00. The minimum Gasteiger partial charge on any atom is -0.296 e. The molecule has 0 radical (unpaired) electrons. The summed E-state index contributed by atoms with van der Waals surface area (Å²) in [4.78, 5) is 11.7. The van der Waals surface area contributed by atoms with E-state index in [1.807, 2.05) is 0 Å². The van der Waals surface area contributed by atoms with Gasteiger partial charge in [0.25, 0.3) is 5.92 Å². The van der Waals surface area contributed by atoms with Gasteiger partial charge in [0.15, 0.2) is 0 Å². The van der Waals surface area contributed by atoms with Crippen LogP contribution in [-0.2, 0) is 0 Å². The van der Waals surface area contributed by atoms with Crippen LogP contribution in [0.3, 0.4) is 0 Å². The van der Waals surface area contributed by atoms with Crippen LogP contribution in [0.4, 0.5) is 8.78 Å². The van der Waals surface area contributed by atoms with Gasteiger partial charge in [0.05, 0.1) is 6.54 Å². The van der Waals surface area contributed by atoms with Crippen molar-refractivity contribution in [2.24, 2.45) is 0 Å². The third-order valence-corrected chi connectivity index (χ3v) is 2.47. The van der Waals surface area contributed by atoms with E-state index in [0.29, 0.717) is 0 Å². The van der Waals surface area contributed by atoms with Crippen LogP contribution in [0.5, 0.6) is 0 Å². The highest BCUT2D eigenvalue weighted by Gasteiger charge is 2.35. The molecule has 1 unspecified atom stereocenters. The zero-order valence-electron chi connectivity index (χ0n) is 8.08. The number of hydrogen-bond donors (Lipinski definition) is 0. The van der Waals surface area contributed by atoms with E-state index in [2.05, 4.69) is 0 Å². The second-order valence-corrected chi connectivity index (χ2v) is 3.79. The van der Waals surface area contributed by atoms with E-state index in [1.165, 1.54) is 6.92 Å². The van der Waals surface area contributed by atoms with Crippen LogP contribution >= 0.6 is 0 Å². The zero-order chi connectivity index (χ0) is 10.8. The van der Waals surface area contributed by atoms with Gasteiger partial charge in [0.2, 0.25) is 6.04 Å². The number of likely N-dealkylation sites (tertiary alicyclic amines) is 1. The van der Waals surface area contributed by atoms with E-state index in [9.17, 15) is 18.9 Å². The molecular weight excluding hydrogens is 194 g/mol. The Morgan fingerprint density at radius 3 is 2.43 bits per heavy atom. The summed E-state index contributed by atoms with van der Waals surface area (Å²) >= 11 is 0. The molecule has 0 N–H and O–H groups in total. The highest BCUT2D eigenvalue weighted by atomic mass is 19.3. The van der Waals surface area contributed by atoms with Gasteiger partial charge < -0.3 is 0 Å². The van der Waals surface area contributed by atoms with Crippen molar-refractivity contribution in [1.82, 2.24) is 4.90 Å². The second kappa shape index (κ2) is 4.16. The fourth-order valence-electron chi connectivity index (χ4n) is 1.50. The monoisotopic (exact) mass is 208 g/mol. The average Bonchev–Trinajstić information content (AvgIpc) is 2.08. The first-order chi connectivity index (χ1) is 6.41. The van der Waals surface area contributed by atoms with Crippen LogP contribution in [0.1, 0.15) is 19.8 Å². The van der Waals surface area contributed by atoms with Gasteiger partial charge in [-0.3, -0.25) is 15.0 Å². The third-order valence-electron chi connectivity index (χ3n) is 2.47. The van der Waals surface area contributed by atoms with E-state index in [0.717, 1.165) is 0 Å². The average molecular weight is 208 g/mol. The standard InChI is InChI=1S/C8H14F2N2O2/c1-7(12(13)14)6-11-4-2-8(9,10)3-5-11/h7H,2-6H2,1H3. The lowest BCUT2D eigenvalue weighted by Crippen LogP contribution is -2.43. The van der Waals surface area contributed by atoms with E-state index in [-0.39, 0.29) is 37.4 Å². The maximum Gasteiger partial charge on any atom is 0.250 e. The first kappa shape index (κ1) is 11.3. The van der Waals surface area contributed by atoms with Crippen LogP contribution in [0.25, 0.3) is 0 Å². The summed E-state index contributed by atoms with van der Waals surface area (Å²) in [6.45, 7) is 2.27. The smallest absolute Gasteiger partial charge is 0.250 e. The summed E-state index contributed by atoms with van der Waals surface area (Å²) in [5, 5.41) is 10.3. The molecule has 0 aromatic heterocycles. The van der Waals surface area contributed by atoms with Crippen molar-refractivity contribution in [1.29, 1.82) is 0 Å². The predicted molar refractivity (Wildman–Crippen MR) is 47.1 cm³/mol. The minimum atomic E-state index is -2.58. The van der Waals surface area contributed by atoms with Crippen molar-refractivity contribution < 1.29 is 13.7 Å². The number of piperidine rings is 1. The molecule has 1 saturated heterocycles. The first-order valence-corrected chi connectivity index (χ1v) is 4.64. The summed E-state index contributed by atoms with van der Waals surface area (Å²) in [7, 11) is 0. The number of alkyl halides is 2. The highest BCUT2D eigenvalue weighted by Crippen LogP contribution is 2.27. The summed E-state index contributed by atoms with van der Waals surface area (Å²) < 4.78 is 25.4. The molecule has 1 aliphatic rings. The Balaban J connectivity index is 2.32. The van der Waals surface area contributed by atoms with Gasteiger partial charge >= 0.3 is 0 Å². The Kier molecular flexibility index (Phi) is 3.36. The molecule has 0 amide bonds. The summed E-state index contributed by atoms with van der Waals surface area (Å²) in [5.74, 6) is -2.58. The van der Waals surface area contributed by atoms with Gasteiger partial charge in [0, 0.05) is 37.8 Å². The molecule has 1 aliphatic heterocycles. The summed E-state index contributed by atoms with van der Waals surface area (Å²) in [6, 6.07) is -0.679. The number of nitro groups is 1. The number of rotatable bonds is 3. The van der Waals surface area contributed by atoms with Crippen LogP contribution in [0.2, 0.25) is 0 Å².